The molecule has 0 aliphatic heterocycles. The van der Waals surface area contributed by atoms with Crippen LogP contribution in [0.5, 0.6) is 0 Å². The first kappa shape index (κ1) is 8.95. The van der Waals surface area contributed by atoms with Gasteiger partial charge in [0.05, 0.1) is 0 Å². The number of fused-ring (bicyclic) bond motifs is 1. The lowest BCUT2D eigenvalue weighted by atomic mass is 10.1. The van der Waals surface area contributed by atoms with Gasteiger partial charge in [0.25, 0.3) is 0 Å². The third-order valence-electron chi connectivity index (χ3n) is 2.62. The highest BCUT2D eigenvalue weighted by atomic mass is 79.9. The van der Waals surface area contributed by atoms with Gasteiger partial charge in [0, 0.05) is 16.0 Å². The van der Waals surface area contributed by atoms with E-state index in [1.54, 1.807) is 0 Å². The molecule has 2 rings (SSSR count). The Bertz CT molecular complexity index is 382. The number of carbonyl (C=O) groups excluding carboxylic acids is 1. The van der Waals surface area contributed by atoms with E-state index in [0.29, 0.717) is 0 Å². The second-order valence-corrected chi connectivity index (χ2v) is 4.58. The van der Waals surface area contributed by atoms with E-state index in [0.717, 1.165) is 16.5 Å². The molecular formula is C11H11BrO. The Labute approximate surface area is 86.3 Å². The monoisotopic (exact) mass is 238 g/mol. The minimum Gasteiger partial charge on any atom is -0.294 e. The van der Waals surface area contributed by atoms with Gasteiger partial charge in [-0.05, 0) is 30.5 Å². The fourth-order valence-electron chi connectivity index (χ4n) is 1.83. The molecule has 1 aliphatic rings. The van der Waals surface area contributed by atoms with Crippen molar-refractivity contribution in [2.45, 2.75) is 20.3 Å². The number of benzene rings is 1. The van der Waals surface area contributed by atoms with Gasteiger partial charge in [-0.15, -0.1) is 0 Å². The van der Waals surface area contributed by atoms with Gasteiger partial charge in [0.2, 0.25) is 0 Å². The number of ketones is 1. The Morgan fingerprint density at radius 1 is 1.46 bits per heavy atom. The fraction of sp³-hybridized carbons (Fsp3) is 0.364. The Morgan fingerprint density at radius 3 is 2.85 bits per heavy atom. The summed E-state index contributed by atoms with van der Waals surface area (Å²) in [5, 5.41) is 0. The third kappa shape index (κ3) is 1.33. The summed E-state index contributed by atoms with van der Waals surface area (Å²) in [5.74, 6) is 0.458. The molecule has 1 unspecified atom stereocenters. The number of aryl methyl sites for hydroxylation is 1. The quantitative estimate of drug-likeness (QED) is 0.679. The first-order chi connectivity index (χ1) is 6.09. The number of rotatable bonds is 0. The van der Waals surface area contributed by atoms with E-state index in [1.807, 2.05) is 13.0 Å². The lowest BCUT2D eigenvalue weighted by Crippen LogP contribution is -2.02. The summed E-state index contributed by atoms with van der Waals surface area (Å²) >= 11 is 3.44. The molecule has 0 radical (unpaired) electrons. The van der Waals surface area contributed by atoms with Crippen LogP contribution < -0.4 is 0 Å². The molecule has 1 aliphatic carbocycles. The van der Waals surface area contributed by atoms with Crippen molar-refractivity contribution in [2.75, 3.05) is 0 Å². The van der Waals surface area contributed by atoms with Crippen LogP contribution in [0.4, 0.5) is 0 Å². The van der Waals surface area contributed by atoms with Crippen molar-refractivity contribution in [3.8, 4) is 0 Å². The van der Waals surface area contributed by atoms with Gasteiger partial charge in [-0.3, -0.25) is 4.79 Å². The van der Waals surface area contributed by atoms with Crippen molar-refractivity contribution in [2.24, 2.45) is 5.92 Å². The van der Waals surface area contributed by atoms with Crippen LogP contribution >= 0.6 is 15.9 Å². The number of hydrogen-bond donors (Lipinski definition) is 0. The maximum absolute atomic E-state index is 11.6. The maximum Gasteiger partial charge on any atom is 0.166 e. The van der Waals surface area contributed by atoms with Gasteiger partial charge in [-0.1, -0.05) is 28.9 Å². The molecule has 0 fully saturated rings. The molecule has 0 bridgehead atoms. The largest absolute Gasteiger partial charge is 0.294 e. The van der Waals surface area contributed by atoms with Crippen molar-refractivity contribution < 1.29 is 4.79 Å². The van der Waals surface area contributed by atoms with Gasteiger partial charge < -0.3 is 0 Å². The minimum atomic E-state index is 0.170. The van der Waals surface area contributed by atoms with Crippen LogP contribution in [-0.2, 0) is 6.42 Å². The second kappa shape index (κ2) is 2.95. The SMILES string of the molecule is Cc1cc2c(cc1Br)C(=O)C(C)C2. The highest BCUT2D eigenvalue weighted by Gasteiger charge is 2.27. The highest BCUT2D eigenvalue weighted by molar-refractivity contribution is 9.10. The summed E-state index contributed by atoms with van der Waals surface area (Å²) < 4.78 is 1.04. The van der Waals surface area contributed by atoms with Crippen LogP contribution in [0.3, 0.4) is 0 Å². The summed E-state index contributed by atoms with van der Waals surface area (Å²) in [6.45, 7) is 4.05. The molecule has 0 heterocycles. The Balaban J connectivity index is 2.59. The van der Waals surface area contributed by atoms with Gasteiger partial charge in [0.15, 0.2) is 5.78 Å². The lowest BCUT2D eigenvalue weighted by Gasteiger charge is -2.01. The number of Topliss-reactive ketones (excluding diaryl/α,β-unsaturated/α-hetero) is 1. The molecule has 0 amide bonds. The molecule has 0 saturated heterocycles. The maximum atomic E-state index is 11.6. The summed E-state index contributed by atoms with van der Waals surface area (Å²) in [4.78, 5) is 11.6. The van der Waals surface area contributed by atoms with Crippen molar-refractivity contribution in [3.63, 3.8) is 0 Å². The summed E-state index contributed by atoms with van der Waals surface area (Å²) in [7, 11) is 0. The van der Waals surface area contributed by atoms with E-state index < -0.39 is 0 Å². The molecule has 0 spiro atoms. The van der Waals surface area contributed by atoms with Gasteiger partial charge in [-0.2, -0.15) is 0 Å². The van der Waals surface area contributed by atoms with Crippen molar-refractivity contribution >= 4 is 21.7 Å². The summed E-state index contributed by atoms with van der Waals surface area (Å²) in [6, 6.07) is 4.07. The van der Waals surface area contributed by atoms with E-state index in [2.05, 4.69) is 28.9 Å². The average Bonchev–Trinajstić information content (AvgIpc) is 2.32. The molecule has 1 nitrogen and oxygen atoms in total. The predicted octanol–water partition coefficient (Wildman–Crippen LogP) is 3.13. The van der Waals surface area contributed by atoms with Crippen LogP contribution in [0, 0.1) is 12.8 Å². The van der Waals surface area contributed by atoms with Crippen LogP contribution in [0.1, 0.15) is 28.4 Å². The zero-order chi connectivity index (χ0) is 9.59. The number of hydrogen-bond acceptors (Lipinski definition) is 1. The van der Waals surface area contributed by atoms with E-state index in [9.17, 15) is 4.79 Å². The summed E-state index contributed by atoms with van der Waals surface area (Å²) in [5.41, 5.74) is 3.32. The first-order valence-corrected chi connectivity index (χ1v) is 5.22. The lowest BCUT2D eigenvalue weighted by molar-refractivity contribution is 0.0946. The molecule has 1 atom stereocenters. The molecule has 68 valence electrons. The van der Waals surface area contributed by atoms with Crippen LogP contribution in [0.25, 0.3) is 0 Å². The van der Waals surface area contributed by atoms with Crippen LogP contribution in [0.2, 0.25) is 0 Å². The van der Waals surface area contributed by atoms with Crippen LogP contribution in [-0.4, -0.2) is 5.78 Å². The molecule has 0 aromatic heterocycles. The third-order valence-corrected chi connectivity index (χ3v) is 3.48. The summed E-state index contributed by atoms with van der Waals surface area (Å²) in [6.07, 6.45) is 0.905. The standard InChI is InChI=1S/C11H11BrO/c1-6-3-8-4-7(2)11(13)9(8)5-10(6)12/h3,5,7H,4H2,1-2H3. The average molecular weight is 239 g/mol. The smallest absolute Gasteiger partial charge is 0.166 e. The predicted molar refractivity (Wildman–Crippen MR) is 56.1 cm³/mol. The van der Waals surface area contributed by atoms with Crippen molar-refractivity contribution in [3.05, 3.63) is 33.3 Å². The topological polar surface area (TPSA) is 17.1 Å². The number of halogens is 1. The van der Waals surface area contributed by atoms with Gasteiger partial charge in [-0.25, -0.2) is 0 Å². The van der Waals surface area contributed by atoms with Crippen LogP contribution in [0.15, 0.2) is 16.6 Å². The van der Waals surface area contributed by atoms with E-state index in [4.69, 9.17) is 0 Å². The normalized spacial score (nSPS) is 20.5. The van der Waals surface area contributed by atoms with E-state index in [1.165, 1.54) is 11.1 Å². The molecule has 1 aromatic rings. The molecule has 0 N–H and O–H groups in total. The minimum absolute atomic E-state index is 0.170. The Hall–Kier alpha value is -0.630. The van der Waals surface area contributed by atoms with Crippen molar-refractivity contribution in [1.29, 1.82) is 0 Å². The fourth-order valence-corrected chi connectivity index (χ4v) is 2.17. The first-order valence-electron chi connectivity index (χ1n) is 4.43. The zero-order valence-electron chi connectivity index (χ0n) is 7.73. The van der Waals surface area contributed by atoms with Gasteiger partial charge in [0.1, 0.15) is 0 Å². The highest BCUT2D eigenvalue weighted by Crippen LogP contribution is 2.30. The number of carbonyl (C=O) groups is 1. The molecular weight excluding hydrogens is 228 g/mol. The van der Waals surface area contributed by atoms with Crippen molar-refractivity contribution in [1.82, 2.24) is 0 Å². The van der Waals surface area contributed by atoms with E-state index in [-0.39, 0.29) is 11.7 Å². The van der Waals surface area contributed by atoms with Gasteiger partial charge >= 0.3 is 0 Å². The Kier molecular flexibility index (Phi) is 2.03. The zero-order valence-corrected chi connectivity index (χ0v) is 9.31. The molecule has 0 saturated carbocycles. The Morgan fingerprint density at radius 2 is 2.15 bits per heavy atom. The molecule has 13 heavy (non-hydrogen) atoms. The van der Waals surface area contributed by atoms with E-state index >= 15 is 0 Å². The molecule has 1 aromatic carbocycles. The second-order valence-electron chi connectivity index (χ2n) is 3.73. The molecule has 2 heteroatoms.